The van der Waals surface area contributed by atoms with Gasteiger partial charge < -0.3 is 5.11 Å². The van der Waals surface area contributed by atoms with E-state index < -0.39 is 11.4 Å². The minimum absolute atomic E-state index is 0.207. The second kappa shape index (κ2) is 4.42. The molecule has 88 valence electrons. The van der Waals surface area contributed by atoms with Crippen molar-refractivity contribution in [1.82, 2.24) is 0 Å². The monoisotopic (exact) mass is 244 g/mol. The molecule has 0 aliphatic heterocycles. The van der Waals surface area contributed by atoms with Crippen molar-refractivity contribution in [3.05, 3.63) is 34.1 Å². The first-order valence-electron chi connectivity index (χ1n) is 4.92. The minimum atomic E-state index is -0.953. The van der Waals surface area contributed by atoms with E-state index in [9.17, 15) is 9.18 Å². The Labute approximate surface area is 99.0 Å². The SMILES string of the molecule is Cc1cc(Cl)c(CC(C)(C)C(=O)O)cc1F. The van der Waals surface area contributed by atoms with Crippen molar-refractivity contribution < 1.29 is 14.3 Å². The Morgan fingerprint density at radius 1 is 1.50 bits per heavy atom. The predicted molar refractivity (Wildman–Crippen MR) is 61.3 cm³/mol. The summed E-state index contributed by atoms with van der Waals surface area (Å²) in [5.74, 6) is -1.29. The molecule has 1 rings (SSSR count). The van der Waals surface area contributed by atoms with Crippen molar-refractivity contribution in [2.45, 2.75) is 27.2 Å². The van der Waals surface area contributed by atoms with E-state index in [4.69, 9.17) is 16.7 Å². The van der Waals surface area contributed by atoms with Gasteiger partial charge in [-0.2, -0.15) is 0 Å². The maximum absolute atomic E-state index is 13.3. The van der Waals surface area contributed by atoms with Gasteiger partial charge in [-0.3, -0.25) is 4.79 Å². The van der Waals surface area contributed by atoms with E-state index in [0.29, 0.717) is 16.1 Å². The Hall–Kier alpha value is -1.09. The summed E-state index contributed by atoms with van der Waals surface area (Å²) in [7, 11) is 0. The molecule has 0 heterocycles. The van der Waals surface area contributed by atoms with Crippen molar-refractivity contribution in [3.8, 4) is 0 Å². The van der Waals surface area contributed by atoms with Crippen LogP contribution in [-0.2, 0) is 11.2 Å². The standard InChI is InChI=1S/C12H14ClFO2/c1-7-4-9(13)8(5-10(7)14)6-12(2,3)11(15)16/h4-5H,6H2,1-3H3,(H,15,16). The van der Waals surface area contributed by atoms with Gasteiger partial charge in [0.15, 0.2) is 0 Å². The molecule has 4 heteroatoms. The van der Waals surface area contributed by atoms with Crippen LogP contribution in [0.15, 0.2) is 12.1 Å². The van der Waals surface area contributed by atoms with Crippen LogP contribution < -0.4 is 0 Å². The number of aryl methyl sites for hydroxylation is 1. The van der Waals surface area contributed by atoms with Crippen molar-refractivity contribution in [3.63, 3.8) is 0 Å². The molecule has 0 atom stereocenters. The molecule has 0 aliphatic carbocycles. The van der Waals surface area contributed by atoms with E-state index >= 15 is 0 Å². The van der Waals surface area contributed by atoms with Crippen molar-refractivity contribution in [1.29, 1.82) is 0 Å². The van der Waals surface area contributed by atoms with E-state index in [1.807, 2.05) is 0 Å². The second-order valence-electron chi connectivity index (χ2n) is 4.56. The van der Waals surface area contributed by atoms with Crippen LogP contribution in [0.4, 0.5) is 4.39 Å². The molecule has 1 aromatic rings. The van der Waals surface area contributed by atoms with Crippen molar-refractivity contribution in [2.24, 2.45) is 5.41 Å². The normalized spacial score (nSPS) is 11.6. The summed E-state index contributed by atoms with van der Waals surface area (Å²) in [4.78, 5) is 11.0. The van der Waals surface area contributed by atoms with Gasteiger partial charge in [0.1, 0.15) is 5.82 Å². The highest BCUT2D eigenvalue weighted by molar-refractivity contribution is 6.31. The fraction of sp³-hybridized carbons (Fsp3) is 0.417. The van der Waals surface area contributed by atoms with Crippen LogP contribution in [0.2, 0.25) is 5.02 Å². The third-order valence-corrected chi connectivity index (χ3v) is 2.89. The van der Waals surface area contributed by atoms with Gasteiger partial charge in [-0.15, -0.1) is 0 Å². The highest BCUT2D eigenvalue weighted by atomic mass is 35.5. The number of hydrogen-bond donors (Lipinski definition) is 1. The number of carboxylic acid groups (broad SMARTS) is 1. The lowest BCUT2D eigenvalue weighted by Crippen LogP contribution is -2.26. The topological polar surface area (TPSA) is 37.3 Å². The Bertz CT molecular complexity index is 427. The number of aliphatic carboxylic acids is 1. The third kappa shape index (κ3) is 2.73. The highest BCUT2D eigenvalue weighted by Gasteiger charge is 2.28. The lowest BCUT2D eigenvalue weighted by atomic mass is 9.85. The van der Waals surface area contributed by atoms with Crippen LogP contribution in [0, 0.1) is 18.2 Å². The molecule has 0 saturated carbocycles. The van der Waals surface area contributed by atoms with Crippen molar-refractivity contribution >= 4 is 17.6 Å². The molecule has 0 saturated heterocycles. The van der Waals surface area contributed by atoms with Crippen LogP contribution in [0.25, 0.3) is 0 Å². The van der Waals surface area contributed by atoms with Gasteiger partial charge in [0.25, 0.3) is 0 Å². The number of carboxylic acids is 1. The molecule has 2 nitrogen and oxygen atoms in total. The third-order valence-electron chi connectivity index (χ3n) is 2.54. The van der Waals surface area contributed by atoms with Crippen LogP contribution in [-0.4, -0.2) is 11.1 Å². The minimum Gasteiger partial charge on any atom is -0.481 e. The Kier molecular flexibility index (Phi) is 3.58. The molecule has 0 aliphatic rings. The average Bonchev–Trinajstić information content (AvgIpc) is 2.13. The largest absolute Gasteiger partial charge is 0.481 e. The van der Waals surface area contributed by atoms with Crippen LogP contribution in [0.1, 0.15) is 25.0 Å². The van der Waals surface area contributed by atoms with Crippen LogP contribution >= 0.6 is 11.6 Å². The van der Waals surface area contributed by atoms with E-state index in [1.54, 1.807) is 20.8 Å². The number of benzene rings is 1. The Balaban J connectivity index is 3.07. The van der Waals surface area contributed by atoms with Gasteiger partial charge in [0, 0.05) is 5.02 Å². The zero-order valence-corrected chi connectivity index (χ0v) is 10.2. The van der Waals surface area contributed by atoms with E-state index in [1.165, 1.54) is 12.1 Å². The van der Waals surface area contributed by atoms with Gasteiger partial charge in [-0.05, 0) is 50.5 Å². The number of carbonyl (C=O) groups is 1. The molecular formula is C12H14ClFO2. The zero-order valence-electron chi connectivity index (χ0n) is 9.47. The highest BCUT2D eigenvalue weighted by Crippen LogP contribution is 2.28. The fourth-order valence-corrected chi connectivity index (χ4v) is 1.66. The van der Waals surface area contributed by atoms with Gasteiger partial charge >= 0.3 is 5.97 Å². The summed E-state index contributed by atoms with van der Waals surface area (Å²) >= 11 is 5.95. The first kappa shape index (κ1) is 13.0. The molecule has 0 aromatic heterocycles. The van der Waals surface area contributed by atoms with Gasteiger partial charge in [0.05, 0.1) is 5.41 Å². The summed E-state index contributed by atoms with van der Waals surface area (Å²) in [6.45, 7) is 4.79. The number of rotatable bonds is 3. The smallest absolute Gasteiger partial charge is 0.309 e. The van der Waals surface area contributed by atoms with Crippen molar-refractivity contribution in [2.75, 3.05) is 0 Å². The molecular weight excluding hydrogens is 231 g/mol. The predicted octanol–water partition coefficient (Wildman–Crippen LogP) is 3.44. The maximum atomic E-state index is 13.3. The molecule has 0 amide bonds. The quantitative estimate of drug-likeness (QED) is 0.884. The van der Waals surface area contributed by atoms with Gasteiger partial charge in [-0.1, -0.05) is 11.6 Å². The molecule has 0 fully saturated rings. The summed E-state index contributed by atoms with van der Waals surface area (Å²) in [5.41, 5.74) is 0.0322. The van der Waals surface area contributed by atoms with E-state index in [0.717, 1.165) is 0 Å². The molecule has 0 unspecified atom stereocenters. The van der Waals surface area contributed by atoms with E-state index in [2.05, 4.69) is 0 Å². The summed E-state index contributed by atoms with van der Waals surface area (Å²) in [5, 5.41) is 9.39. The molecule has 1 N–H and O–H groups in total. The van der Waals surface area contributed by atoms with Gasteiger partial charge in [-0.25, -0.2) is 4.39 Å². The molecule has 16 heavy (non-hydrogen) atoms. The first-order chi connectivity index (χ1) is 7.24. The number of halogens is 2. The lowest BCUT2D eigenvalue weighted by Gasteiger charge is -2.20. The van der Waals surface area contributed by atoms with E-state index in [-0.39, 0.29) is 12.2 Å². The number of hydrogen-bond acceptors (Lipinski definition) is 1. The Morgan fingerprint density at radius 2 is 2.06 bits per heavy atom. The second-order valence-corrected chi connectivity index (χ2v) is 4.97. The zero-order chi connectivity index (χ0) is 12.5. The maximum Gasteiger partial charge on any atom is 0.309 e. The first-order valence-corrected chi connectivity index (χ1v) is 5.30. The molecule has 0 bridgehead atoms. The summed E-state index contributed by atoms with van der Waals surface area (Å²) in [6, 6.07) is 2.83. The summed E-state index contributed by atoms with van der Waals surface area (Å²) in [6.07, 6.45) is 0.207. The van der Waals surface area contributed by atoms with Gasteiger partial charge in [0.2, 0.25) is 0 Å². The fourth-order valence-electron chi connectivity index (χ4n) is 1.37. The molecule has 0 radical (unpaired) electrons. The lowest BCUT2D eigenvalue weighted by molar-refractivity contribution is -0.146. The average molecular weight is 245 g/mol. The summed E-state index contributed by atoms with van der Waals surface area (Å²) < 4.78 is 13.3. The Morgan fingerprint density at radius 3 is 2.56 bits per heavy atom. The van der Waals surface area contributed by atoms with Crippen LogP contribution in [0.3, 0.4) is 0 Å². The van der Waals surface area contributed by atoms with Crippen LogP contribution in [0.5, 0.6) is 0 Å². The molecule has 0 spiro atoms. The molecule has 1 aromatic carbocycles.